The minimum Gasteiger partial charge on any atom is -0.378 e. The molecule has 4 N–H and O–H groups in total. The molecular weight excluding hydrogens is 387 g/mol. The minimum atomic E-state index is -1.69. The number of amides is 2. The molecule has 1 aromatic rings. The first-order valence-corrected chi connectivity index (χ1v) is 8.16. The smallest absolute Gasteiger partial charge is 0.243 e. The van der Waals surface area contributed by atoms with Gasteiger partial charge in [-0.3, -0.25) is 9.59 Å². The Bertz CT molecular complexity index is 733. The van der Waals surface area contributed by atoms with E-state index in [4.69, 9.17) is 10.5 Å². The van der Waals surface area contributed by atoms with Crippen molar-refractivity contribution in [1.82, 2.24) is 5.32 Å². The summed E-state index contributed by atoms with van der Waals surface area (Å²) < 4.78 is 45.1. The van der Waals surface area contributed by atoms with Gasteiger partial charge in [-0.1, -0.05) is 13.8 Å². The summed E-state index contributed by atoms with van der Waals surface area (Å²) in [5.41, 5.74) is 3.81. The Morgan fingerprint density at radius 3 is 2.44 bits per heavy atom. The van der Waals surface area contributed by atoms with Gasteiger partial charge < -0.3 is 21.1 Å². The number of carbonyl (C=O) groups excluding carboxylic acids is 2. The molecule has 0 saturated heterocycles. The third-order valence-corrected chi connectivity index (χ3v) is 4.95. The fraction of sp³-hybridized carbons (Fsp3) is 0.529. The van der Waals surface area contributed by atoms with Crippen LogP contribution in [0, 0.1) is 22.9 Å². The lowest BCUT2D eigenvalue weighted by atomic mass is 9.54. The fourth-order valence-corrected chi connectivity index (χ4v) is 2.96. The summed E-state index contributed by atoms with van der Waals surface area (Å²) in [7, 11) is 0. The summed E-state index contributed by atoms with van der Waals surface area (Å²) in [5, 5.41) is 4.46. The quantitative estimate of drug-likeness (QED) is 0.627. The maximum Gasteiger partial charge on any atom is 0.243 e. The minimum absolute atomic E-state index is 0. The van der Waals surface area contributed by atoms with Crippen LogP contribution in [0.1, 0.15) is 27.2 Å². The molecular formula is C17H23ClF3N3O3. The van der Waals surface area contributed by atoms with Crippen molar-refractivity contribution < 1.29 is 27.5 Å². The average molecular weight is 410 g/mol. The van der Waals surface area contributed by atoms with Crippen molar-refractivity contribution in [2.75, 3.05) is 18.5 Å². The molecule has 10 heteroatoms. The first-order valence-electron chi connectivity index (χ1n) is 8.16. The second-order valence-electron chi connectivity index (χ2n) is 6.79. The van der Waals surface area contributed by atoms with Crippen molar-refractivity contribution in [2.24, 2.45) is 11.1 Å². The molecule has 0 radical (unpaired) electrons. The molecule has 0 bridgehead atoms. The topological polar surface area (TPSA) is 93.4 Å². The normalized spacial score (nSPS) is 23.0. The van der Waals surface area contributed by atoms with Crippen LogP contribution in [-0.4, -0.2) is 36.6 Å². The zero-order chi connectivity index (χ0) is 19.7. The van der Waals surface area contributed by atoms with Gasteiger partial charge in [0.25, 0.3) is 0 Å². The SMILES string of the molecule is CCOC1CC(N)(C(=O)NCC(=O)Nc2ccc(F)c(F)c2F)C1(C)C.Cl. The van der Waals surface area contributed by atoms with Gasteiger partial charge in [-0.15, -0.1) is 12.4 Å². The van der Waals surface area contributed by atoms with E-state index in [0.29, 0.717) is 19.1 Å². The summed E-state index contributed by atoms with van der Waals surface area (Å²) >= 11 is 0. The van der Waals surface area contributed by atoms with Gasteiger partial charge in [0.15, 0.2) is 17.5 Å². The predicted molar refractivity (Wildman–Crippen MR) is 95.9 cm³/mol. The van der Waals surface area contributed by atoms with Crippen molar-refractivity contribution in [3.8, 4) is 0 Å². The van der Waals surface area contributed by atoms with Crippen LogP contribution >= 0.6 is 12.4 Å². The van der Waals surface area contributed by atoms with E-state index in [1.54, 1.807) is 13.8 Å². The summed E-state index contributed by atoms with van der Waals surface area (Å²) in [6, 6.07) is 1.58. The van der Waals surface area contributed by atoms with E-state index < -0.39 is 52.5 Å². The van der Waals surface area contributed by atoms with E-state index >= 15 is 0 Å². The van der Waals surface area contributed by atoms with Gasteiger partial charge in [-0.05, 0) is 19.1 Å². The molecule has 1 aliphatic rings. The first kappa shape index (κ1) is 23.2. The second-order valence-corrected chi connectivity index (χ2v) is 6.79. The van der Waals surface area contributed by atoms with Crippen LogP contribution in [0.4, 0.5) is 18.9 Å². The van der Waals surface area contributed by atoms with Crippen molar-refractivity contribution in [3.63, 3.8) is 0 Å². The Morgan fingerprint density at radius 1 is 1.26 bits per heavy atom. The van der Waals surface area contributed by atoms with Gasteiger partial charge in [-0.25, -0.2) is 13.2 Å². The summed E-state index contributed by atoms with van der Waals surface area (Å²) in [6.45, 7) is 5.44. The monoisotopic (exact) mass is 409 g/mol. The van der Waals surface area contributed by atoms with Crippen LogP contribution in [0.5, 0.6) is 0 Å². The zero-order valence-electron chi connectivity index (χ0n) is 15.2. The molecule has 152 valence electrons. The van der Waals surface area contributed by atoms with E-state index in [0.717, 1.165) is 6.07 Å². The van der Waals surface area contributed by atoms with Gasteiger partial charge in [0.1, 0.15) is 5.54 Å². The number of carbonyl (C=O) groups is 2. The maximum atomic E-state index is 13.5. The highest BCUT2D eigenvalue weighted by Gasteiger charge is 2.62. The summed E-state index contributed by atoms with van der Waals surface area (Å²) in [6.07, 6.45) is 0.132. The van der Waals surface area contributed by atoms with Gasteiger partial charge >= 0.3 is 0 Å². The molecule has 0 heterocycles. The molecule has 27 heavy (non-hydrogen) atoms. The number of halogens is 4. The number of nitrogens with one attached hydrogen (secondary N) is 2. The molecule has 1 aliphatic carbocycles. The maximum absolute atomic E-state index is 13.5. The zero-order valence-corrected chi connectivity index (χ0v) is 16.0. The molecule has 1 saturated carbocycles. The number of rotatable bonds is 6. The van der Waals surface area contributed by atoms with Gasteiger partial charge in [0, 0.05) is 18.4 Å². The van der Waals surface area contributed by atoms with Gasteiger partial charge in [0.2, 0.25) is 11.8 Å². The molecule has 0 aromatic heterocycles. The largest absolute Gasteiger partial charge is 0.378 e. The van der Waals surface area contributed by atoms with E-state index in [-0.39, 0.29) is 18.5 Å². The fourth-order valence-electron chi connectivity index (χ4n) is 2.96. The highest BCUT2D eigenvalue weighted by molar-refractivity contribution is 5.97. The van der Waals surface area contributed by atoms with E-state index in [2.05, 4.69) is 10.6 Å². The van der Waals surface area contributed by atoms with E-state index in [9.17, 15) is 22.8 Å². The molecule has 6 nitrogen and oxygen atoms in total. The molecule has 2 amide bonds. The lowest BCUT2D eigenvalue weighted by Gasteiger charge is -2.57. The van der Waals surface area contributed by atoms with Crippen LogP contribution in [0.3, 0.4) is 0 Å². The van der Waals surface area contributed by atoms with Crippen molar-refractivity contribution in [3.05, 3.63) is 29.6 Å². The van der Waals surface area contributed by atoms with Crippen LogP contribution < -0.4 is 16.4 Å². The number of hydrogen-bond acceptors (Lipinski definition) is 4. The molecule has 2 atom stereocenters. The van der Waals surface area contributed by atoms with E-state index in [1.807, 2.05) is 6.92 Å². The van der Waals surface area contributed by atoms with Crippen molar-refractivity contribution in [2.45, 2.75) is 38.8 Å². The first-order chi connectivity index (χ1) is 12.0. The van der Waals surface area contributed by atoms with Crippen LogP contribution in [0.25, 0.3) is 0 Å². The number of anilines is 1. The number of benzene rings is 1. The molecule has 1 fully saturated rings. The highest BCUT2D eigenvalue weighted by Crippen LogP contribution is 2.49. The van der Waals surface area contributed by atoms with Crippen molar-refractivity contribution >= 4 is 29.9 Å². The molecule has 2 rings (SSSR count). The third-order valence-electron chi connectivity index (χ3n) is 4.95. The second kappa shape index (κ2) is 8.45. The predicted octanol–water partition coefficient (Wildman–Crippen LogP) is 2.11. The van der Waals surface area contributed by atoms with Gasteiger partial charge in [0.05, 0.1) is 18.3 Å². The summed E-state index contributed by atoms with van der Waals surface area (Å²) in [4.78, 5) is 24.2. The van der Waals surface area contributed by atoms with Crippen LogP contribution in [-0.2, 0) is 14.3 Å². The lowest BCUT2D eigenvalue weighted by Crippen LogP contribution is -2.76. The van der Waals surface area contributed by atoms with Crippen molar-refractivity contribution in [1.29, 1.82) is 0 Å². The standard InChI is InChI=1S/C17H22F3N3O3.ClH/c1-4-26-11-7-17(21,16(11,2)3)15(25)22-8-12(24)23-10-6-5-9(18)13(19)14(10)20;/h5-6,11H,4,7-8,21H2,1-3H3,(H,22,25)(H,23,24);1H. The Balaban J connectivity index is 0.00000364. The molecule has 2 unspecified atom stereocenters. The van der Waals surface area contributed by atoms with Crippen LogP contribution in [0.15, 0.2) is 12.1 Å². The lowest BCUT2D eigenvalue weighted by molar-refractivity contribution is -0.170. The number of ether oxygens (including phenoxy) is 1. The third kappa shape index (κ3) is 4.20. The Hall–Kier alpha value is -1.84. The Kier molecular flexibility index (Phi) is 7.26. The van der Waals surface area contributed by atoms with E-state index in [1.165, 1.54) is 0 Å². The summed E-state index contributed by atoms with van der Waals surface area (Å²) in [5.74, 6) is -5.91. The average Bonchev–Trinajstić information content (AvgIpc) is 2.59. The number of nitrogens with two attached hydrogens (primary N) is 1. The molecule has 0 aliphatic heterocycles. The highest BCUT2D eigenvalue weighted by atomic mass is 35.5. The van der Waals surface area contributed by atoms with Gasteiger partial charge in [-0.2, -0.15) is 0 Å². The molecule has 0 spiro atoms. The number of hydrogen-bond donors (Lipinski definition) is 3. The Morgan fingerprint density at radius 2 is 1.89 bits per heavy atom. The molecule has 1 aromatic carbocycles. The van der Waals surface area contributed by atoms with Crippen LogP contribution in [0.2, 0.25) is 0 Å². The Labute approximate surface area is 161 Å².